The Bertz CT molecular complexity index is 403. The number of carbonyl (C=O) groups is 1. The van der Waals surface area contributed by atoms with Crippen molar-refractivity contribution in [3.8, 4) is 5.75 Å². The molecule has 0 aliphatic heterocycles. The summed E-state index contributed by atoms with van der Waals surface area (Å²) in [5.74, 6) is 0.787. The molecular weight excluding hydrogens is 228 g/mol. The molecule has 0 bridgehead atoms. The fraction of sp³-hybridized carbons (Fsp3) is 0.500. The van der Waals surface area contributed by atoms with Gasteiger partial charge in [0.25, 0.3) is 0 Å². The van der Waals surface area contributed by atoms with Crippen molar-refractivity contribution in [3.63, 3.8) is 0 Å². The highest BCUT2D eigenvalue weighted by Crippen LogP contribution is 2.20. The molecular formula is C14H22N2O2. The van der Waals surface area contributed by atoms with Crippen molar-refractivity contribution < 1.29 is 9.53 Å². The van der Waals surface area contributed by atoms with E-state index >= 15 is 0 Å². The lowest BCUT2D eigenvalue weighted by molar-refractivity contribution is -0.121. The first-order valence-corrected chi connectivity index (χ1v) is 6.24. The van der Waals surface area contributed by atoms with Crippen molar-refractivity contribution in [2.24, 2.45) is 5.73 Å². The van der Waals surface area contributed by atoms with E-state index in [0.29, 0.717) is 13.2 Å². The molecule has 1 amide bonds. The number of nitrogens with two attached hydrogens (primary N) is 1. The summed E-state index contributed by atoms with van der Waals surface area (Å²) < 4.78 is 5.68. The van der Waals surface area contributed by atoms with Crippen molar-refractivity contribution in [3.05, 3.63) is 29.3 Å². The molecule has 100 valence electrons. The minimum Gasteiger partial charge on any atom is -0.493 e. The van der Waals surface area contributed by atoms with Crippen molar-refractivity contribution in [1.29, 1.82) is 0 Å². The average Bonchev–Trinajstić information content (AvgIpc) is 2.33. The number of hydrogen-bond acceptors (Lipinski definition) is 3. The van der Waals surface area contributed by atoms with Gasteiger partial charge < -0.3 is 15.8 Å². The monoisotopic (exact) mass is 250 g/mol. The van der Waals surface area contributed by atoms with E-state index < -0.39 is 6.04 Å². The van der Waals surface area contributed by atoms with Gasteiger partial charge in [-0.3, -0.25) is 4.79 Å². The lowest BCUT2D eigenvalue weighted by Crippen LogP contribution is -2.38. The predicted molar refractivity (Wildman–Crippen MR) is 72.7 cm³/mol. The van der Waals surface area contributed by atoms with Crippen LogP contribution in [0.4, 0.5) is 0 Å². The lowest BCUT2D eigenvalue weighted by atomic mass is 10.1. The number of hydrogen-bond donors (Lipinski definition) is 2. The van der Waals surface area contributed by atoms with E-state index in [-0.39, 0.29) is 5.91 Å². The van der Waals surface area contributed by atoms with E-state index in [1.807, 2.05) is 19.1 Å². The van der Waals surface area contributed by atoms with Crippen LogP contribution < -0.4 is 15.8 Å². The molecule has 4 heteroatoms. The molecule has 18 heavy (non-hydrogen) atoms. The molecule has 1 aromatic rings. The largest absolute Gasteiger partial charge is 0.493 e. The highest BCUT2D eigenvalue weighted by Gasteiger charge is 2.05. The van der Waals surface area contributed by atoms with Crippen LogP contribution in [0.2, 0.25) is 0 Å². The van der Waals surface area contributed by atoms with Crippen molar-refractivity contribution in [1.82, 2.24) is 5.32 Å². The Morgan fingerprint density at radius 2 is 2.17 bits per heavy atom. The van der Waals surface area contributed by atoms with Gasteiger partial charge in [-0.25, -0.2) is 0 Å². The molecule has 4 nitrogen and oxygen atoms in total. The lowest BCUT2D eigenvalue weighted by Gasteiger charge is -2.11. The van der Waals surface area contributed by atoms with Crippen molar-refractivity contribution in [2.45, 2.75) is 33.2 Å². The minimum absolute atomic E-state index is 0.123. The van der Waals surface area contributed by atoms with Crippen LogP contribution in [0.1, 0.15) is 24.5 Å². The number of carbonyl (C=O) groups excluding carboxylic acids is 1. The van der Waals surface area contributed by atoms with Gasteiger partial charge in [-0.2, -0.15) is 0 Å². The molecule has 0 spiro atoms. The van der Waals surface area contributed by atoms with Gasteiger partial charge in [0.2, 0.25) is 5.91 Å². The van der Waals surface area contributed by atoms with Crippen LogP contribution in [-0.4, -0.2) is 25.1 Å². The van der Waals surface area contributed by atoms with Crippen LogP contribution in [0.3, 0.4) is 0 Å². The Balaban J connectivity index is 2.26. The van der Waals surface area contributed by atoms with E-state index in [4.69, 9.17) is 10.5 Å². The van der Waals surface area contributed by atoms with E-state index in [9.17, 15) is 4.79 Å². The third-order valence-corrected chi connectivity index (χ3v) is 2.85. The van der Waals surface area contributed by atoms with Crippen molar-refractivity contribution >= 4 is 5.91 Å². The summed E-state index contributed by atoms with van der Waals surface area (Å²) in [6.45, 7) is 6.95. The van der Waals surface area contributed by atoms with E-state index in [1.54, 1.807) is 6.92 Å². The fourth-order valence-corrected chi connectivity index (χ4v) is 1.51. The summed E-state index contributed by atoms with van der Waals surface area (Å²) in [4.78, 5) is 11.2. The zero-order valence-electron chi connectivity index (χ0n) is 11.3. The zero-order chi connectivity index (χ0) is 13.5. The standard InChI is InChI=1S/C14H22N2O2/c1-10-6-4-7-13(11(10)2)18-9-5-8-16-14(17)12(3)15/h4,6-7,12H,5,8-9,15H2,1-3H3,(H,16,17). The first kappa shape index (κ1) is 14.5. The normalized spacial score (nSPS) is 12.0. The number of benzene rings is 1. The fourth-order valence-electron chi connectivity index (χ4n) is 1.51. The Morgan fingerprint density at radius 1 is 1.44 bits per heavy atom. The van der Waals surface area contributed by atoms with Gasteiger partial charge >= 0.3 is 0 Å². The number of ether oxygens (including phenoxy) is 1. The Kier molecular flexibility index (Phi) is 5.65. The molecule has 0 saturated heterocycles. The molecule has 0 fully saturated rings. The molecule has 1 atom stereocenters. The van der Waals surface area contributed by atoms with Crippen LogP contribution >= 0.6 is 0 Å². The van der Waals surface area contributed by atoms with Gasteiger partial charge in [-0.1, -0.05) is 12.1 Å². The molecule has 0 heterocycles. The van der Waals surface area contributed by atoms with Crippen LogP contribution in [0.15, 0.2) is 18.2 Å². The summed E-state index contributed by atoms with van der Waals surface area (Å²) in [6, 6.07) is 5.55. The third kappa shape index (κ3) is 4.37. The van der Waals surface area contributed by atoms with Gasteiger partial charge in [0, 0.05) is 6.54 Å². The molecule has 0 aliphatic rings. The molecule has 1 aromatic carbocycles. The second-order valence-electron chi connectivity index (χ2n) is 4.48. The van der Waals surface area contributed by atoms with Crippen LogP contribution in [0.5, 0.6) is 5.75 Å². The summed E-state index contributed by atoms with van der Waals surface area (Å²) in [5.41, 5.74) is 7.82. The molecule has 1 rings (SSSR count). The summed E-state index contributed by atoms with van der Waals surface area (Å²) >= 11 is 0. The third-order valence-electron chi connectivity index (χ3n) is 2.85. The first-order chi connectivity index (χ1) is 8.52. The van der Waals surface area contributed by atoms with E-state index in [2.05, 4.69) is 18.3 Å². The van der Waals surface area contributed by atoms with Crippen LogP contribution in [-0.2, 0) is 4.79 Å². The topological polar surface area (TPSA) is 64.3 Å². The van der Waals surface area contributed by atoms with Gasteiger partial charge in [-0.05, 0) is 44.4 Å². The predicted octanol–water partition coefficient (Wildman–Crippen LogP) is 1.54. The van der Waals surface area contributed by atoms with Crippen LogP contribution in [0.25, 0.3) is 0 Å². The van der Waals surface area contributed by atoms with Gasteiger partial charge in [0.15, 0.2) is 0 Å². The van der Waals surface area contributed by atoms with Gasteiger partial charge in [0.1, 0.15) is 5.75 Å². The maximum Gasteiger partial charge on any atom is 0.236 e. The van der Waals surface area contributed by atoms with Crippen molar-refractivity contribution in [2.75, 3.05) is 13.2 Å². The Labute approximate surface area is 109 Å². The van der Waals surface area contributed by atoms with Gasteiger partial charge in [0.05, 0.1) is 12.6 Å². The molecule has 0 aliphatic carbocycles. The second kappa shape index (κ2) is 7.01. The summed E-state index contributed by atoms with van der Waals surface area (Å²) in [6.07, 6.45) is 0.770. The van der Waals surface area contributed by atoms with Gasteiger partial charge in [-0.15, -0.1) is 0 Å². The number of aryl methyl sites for hydroxylation is 1. The maximum atomic E-state index is 11.2. The second-order valence-corrected chi connectivity index (χ2v) is 4.48. The number of amides is 1. The van der Waals surface area contributed by atoms with Crippen LogP contribution in [0, 0.1) is 13.8 Å². The highest BCUT2D eigenvalue weighted by atomic mass is 16.5. The minimum atomic E-state index is -0.454. The number of rotatable bonds is 6. The molecule has 0 aromatic heterocycles. The van der Waals surface area contributed by atoms with E-state index in [1.165, 1.54) is 5.56 Å². The summed E-state index contributed by atoms with van der Waals surface area (Å²) in [7, 11) is 0. The SMILES string of the molecule is Cc1cccc(OCCCNC(=O)C(C)N)c1C. The molecule has 3 N–H and O–H groups in total. The quantitative estimate of drug-likeness (QED) is 0.753. The maximum absolute atomic E-state index is 11.2. The Morgan fingerprint density at radius 3 is 2.83 bits per heavy atom. The molecule has 0 saturated carbocycles. The average molecular weight is 250 g/mol. The Hall–Kier alpha value is -1.55. The highest BCUT2D eigenvalue weighted by molar-refractivity contribution is 5.80. The smallest absolute Gasteiger partial charge is 0.236 e. The zero-order valence-corrected chi connectivity index (χ0v) is 11.3. The first-order valence-electron chi connectivity index (χ1n) is 6.24. The number of nitrogens with one attached hydrogen (secondary N) is 1. The molecule has 0 radical (unpaired) electrons. The van der Waals surface area contributed by atoms with E-state index in [0.717, 1.165) is 17.7 Å². The molecule has 1 unspecified atom stereocenters. The summed E-state index contributed by atoms with van der Waals surface area (Å²) in [5, 5.41) is 2.75.